The topological polar surface area (TPSA) is 44.8 Å². The Morgan fingerprint density at radius 1 is 0.759 bits per heavy atom. The molecular formula is C25H40O4. The Morgan fingerprint density at radius 2 is 1.28 bits per heavy atom. The van der Waals surface area contributed by atoms with Gasteiger partial charge >= 0.3 is 5.97 Å². The van der Waals surface area contributed by atoms with E-state index in [0.29, 0.717) is 13.2 Å². The summed E-state index contributed by atoms with van der Waals surface area (Å²) in [6, 6.07) is 0. The van der Waals surface area contributed by atoms with Gasteiger partial charge < -0.3 is 14.2 Å². The molecular weight excluding hydrogens is 364 g/mol. The molecule has 1 unspecified atom stereocenters. The van der Waals surface area contributed by atoms with Crippen molar-refractivity contribution in [3.8, 4) is 0 Å². The average Bonchev–Trinajstić information content (AvgIpc) is 2.72. The van der Waals surface area contributed by atoms with Gasteiger partial charge in [-0.1, -0.05) is 67.7 Å². The van der Waals surface area contributed by atoms with Gasteiger partial charge in [0.1, 0.15) is 0 Å². The van der Waals surface area contributed by atoms with E-state index in [0.717, 1.165) is 51.4 Å². The lowest BCUT2D eigenvalue weighted by atomic mass is 10.2. The van der Waals surface area contributed by atoms with Crippen LogP contribution in [0, 0.1) is 0 Å². The monoisotopic (exact) mass is 404 g/mol. The second-order valence-electron chi connectivity index (χ2n) is 6.39. The smallest absolute Gasteiger partial charge is 0.363 e. The standard InChI is InChI=1S/C25H40O4/c1-4-6-7-8-9-10-11-12-13-14-15-16-17-18-19-20-21-22-23-29-25(27-3)24(26)28-5-2/h6-7,9-10,12-13,15-16,18-19,25H,4-5,8,11,14,17,20-23H2,1-3H3/b7-6-,10-9-,13-12-,16-15-,19-18-. The molecule has 0 N–H and O–H groups in total. The molecule has 0 saturated carbocycles. The Morgan fingerprint density at radius 3 is 1.76 bits per heavy atom. The molecule has 0 spiro atoms. The summed E-state index contributed by atoms with van der Waals surface area (Å²) in [5.74, 6) is -0.465. The van der Waals surface area contributed by atoms with Crippen molar-refractivity contribution in [1.29, 1.82) is 0 Å². The van der Waals surface area contributed by atoms with Gasteiger partial charge in [-0.2, -0.15) is 0 Å². The lowest BCUT2D eigenvalue weighted by Crippen LogP contribution is -2.28. The maximum atomic E-state index is 11.5. The maximum Gasteiger partial charge on any atom is 0.363 e. The van der Waals surface area contributed by atoms with Crippen molar-refractivity contribution < 1.29 is 19.0 Å². The largest absolute Gasteiger partial charge is 0.462 e. The second kappa shape index (κ2) is 22.4. The summed E-state index contributed by atoms with van der Waals surface area (Å²) in [5.41, 5.74) is 0. The third-order valence-corrected chi connectivity index (χ3v) is 3.89. The van der Waals surface area contributed by atoms with Crippen LogP contribution in [0.1, 0.15) is 65.2 Å². The number of ether oxygens (including phenoxy) is 3. The van der Waals surface area contributed by atoms with Crippen molar-refractivity contribution in [2.45, 2.75) is 71.5 Å². The minimum atomic E-state index is -0.913. The fourth-order valence-corrected chi connectivity index (χ4v) is 2.37. The van der Waals surface area contributed by atoms with Gasteiger partial charge in [0.25, 0.3) is 6.29 Å². The molecule has 0 fully saturated rings. The van der Waals surface area contributed by atoms with E-state index in [1.165, 1.54) is 7.11 Å². The summed E-state index contributed by atoms with van der Waals surface area (Å²) in [7, 11) is 1.44. The second-order valence-corrected chi connectivity index (χ2v) is 6.39. The first-order valence-corrected chi connectivity index (χ1v) is 10.8. The fraction of sp³-hybridized carbons (Fsp3) is 0.560. The lowest BCUT2D eigenvalue weighted by Gasteiger charge is -2.14. The van der Waals surface area contributed by atoms with Crippen LogP contribution in [0.4, 0.5) is 0 Å². The molecule has 4 nitrogen and oxygen atoms in total. The summed E-state index contributed by atoms with van der Waals surface area (Å²) in [5, 5.41) is 0. The van der Waals surface area contributed by atoms with E-state index >= 15 is 0 Å². The number of allylic oxidation sites excluding steroid dienone is 10. The highest BCUT2D eigenvalue weighted by molar-refractivity contribution is 5.73. The first-order valence-electron chi connectivity index (χ1n) is 10.8. The Labute approximate surface area is 178 Å². The SMILES string of the molecule is CC/C=C\C/C=C\C/C=C\C/C=C\C/C=C\CCCCOC(OC)C(=O)OCC. The molecule has 1 atom stereocenters. The van der Waals surface area contributed by atoms with Crippen molar-refractivity contribution in [3.63, 3.8) is 0 Å². The number of hydrogen-bond acceptors (Lipinski definition) is 4. The van der Waals surface area contributed by atoms with Gasteiger partial charge in [0.05, 0.1) is 13.2 Å². The van der Waals surface area contributed by atoms with Gasteiger partial charge in [0, 0.05) is 7.11 Å². The summed E-state index contributed by atoms with van der Waals surface area (Å²) in [4.78, 5) is 11.5. The predicted octanol–water partition coefficient (Wildman–Crippen LogP) is 6.46. The molecule has 0 aliphatic rings. The van der Waals surface area contributed by atoms with Crippen LogP contribution in [0.15, 0.2) is 60.8 Å². The minimum absolute atomic E-state index is 0.326. The van der Waals surface area contributed by atoms with E-state index in [1.54, 1.807) is 6.92 Å². The van der Waals surface area contributed by atoms with E-state index in [4.69, 9.17) is 14.2 Å². The quantitative estimate of drug-likeness (QED) is 0.114. The molecule has 0 heterocycles. The van der Waals surface area contributed by atoms with Crippen molar-refractivity contribution in [1.82, 2.24) is 0 Å². The summed E-state index contributed by atoms with van der Waals surface area (Å²) >= 11 is 0. The third-order valence-electron chi connectivity index (χ3n) is 3.89. The number of carbonyl (C=O) groups excluding carboxylic acids is 1. The highest BCUT2D eigenvalue weighted by Gasteiger charge is 2.18. The van der Waals surface area contributed by atoms with E-state index in [1.807, 2.05) is 0 Å². The maximum absolute atomic E-state index is 11.5. The van der Waals surface area contributed by atoms with E-state index in [2.05, 4.69) is 67.7 Å². The van der Waals surface area contributed by atoms with Crippen molar-refractivity contribution in [3.05, 3.63) is 60.8 Å². The number of hydrogen-bond donors (Lipinski definition) is 0. The molecule has 0 amide bonds. The lowest BCUT2D eigenvalue weighted by molar-refractivity contribution is -0.188. The van der Waals surface area contributed by atoms with Gasteiger partial charge in [0.15, 0.2) is 0 Å². The Bertz CT molecular complexity index is 515. The molecule has 29 heavy (non-hydrogen) atoms. The third kappa shape index (κ3) is 19.2. The van der Waals surface area contributed by atoms with Gasteiger partial charge in [-0.3, -0.25) is 0 Å². The van der Waals surface area contributed by atoms with Gasteiger partial charge in [0.2, 0.25) is 0 Å². The van der Waals surface area contributed by atoms with Crippen LogP contribution in [-0.2, 0) is 19.0 Å². The van der Waals surface area contributed by atoms with Gasteiger partial charge in [-0.25, -0.2) is 4.79 Å². The highest BCUT2D eigenvalue weighted by atomic mass is 16.7. The zero-order chi connectivity index (χ0) is 21.4. The summed E-state index contributed by atoms with van der Waals surface area (Å²) in [6.45, 7) is 4.72. The molecule has 4 heteroatoms. The first kappa shape index (κ1) is 27.1. The molecule has 0 radical (unpaired) electrons. The molecule has 0 bridgehead atoms. The number of rotatable bonds is 18. The zero-order valence-electron chi connectivity index (χ0n) is 18.6. The zero-order valence-corrected chi connectivity index (χ0v) is 18.6. The summed E-state index contributed by atoms with van der Waals surface area (Å²) in [6.07, 6.45) is 29.1. The molecule has 0 aliphatic carbocycles. The number of methoxy groups -OCH3 is 1. The molecule has 0 rings (SSSR count). The average molecular weight is 405 g/mol. The Balaban J connectivity index is 3.58. The molecule has 0 saturated heterocycles. The van der Waals surface area contributed by atoms with Crippen LogP contribution in [-0.4, -0.2) is 32.6 Å². The van der Waals surface area contributed by atoms with Crippen LogP contribution >= 0.6 is 0 Å². The normalized spacial score (nSPS) is 13.6. The highest BCUT2D eigenvalue weighted by Crippen LogP contribution is 2.03. The minimum Gasteiger partial charge on any atom is -0.462 e. The molecule has 0 aromatic rings. The van der Waals surface area contributed by atoms with Crippen LogP contribution in [0.2, 0.25) is 0 Å². The van der Waals surface area contributed by atoms with E-state index < -0.39 is 12.3 Å². The van der Waals surface area contributed by atoms with Gasteiger partial charge in [-0.15, -0.1) is 0 Å². The van der Waals surface area contributed by atoms with Crippen molar-refractivity contribution >= 4 is 5.97 Å². The number of unbranched alkanes of at least 4 members (excludes halogenated alkanes) is 2. The Kier molecular flexibility index (Phi) is 20.9. The Hall–Kier alpha value is -1.91. The molecule has 0 aromatic heterocycles. The molecule has 164 valence electrons. The molecule has 0 aromatic carbocycles. The van der Waals surface area contributed by atoms with E-state index in [-0.39, 0.29) is 0 Å². The fourth-order valence-electron chi connectivity index (χ4n) is 2.37. The predicted molar refractivity (Wildman–Crippen MR) is 122 cm³/mol. The van der Waals surface area contributed by atoms with E-state index in [9.17, 15) is 4.79 Å². The number of esters is 1. The summed E-state index contributed by atoms with van der Waals surface area (Å²) < 4.78 is 15.2. The van der Waals surface area contributed by atoms with Crippen LogP contribution < -0.4 is 0 Å². The number of carbonyl (C=O) groups is 1. The first-order chi connectivity index (χ1) is 14.3. The van der Waals surface area contributed by atoms with Crippen LogP contribution in [0.5, 0.6) is 0 Å². The van der Waals surface area contributed by atoms with Crippen LogP contribution in [0.25, 0.3) is 0 Å². The van der Waals surface area contributed by atoms with Crippen molar-refractivity contribution in [2.75, 3.05) is 20.3 Å². The molecule has 0 aliphatic heterocycles. The van der Waals surface area contributed by atoms with Gasteiger partial charge in [-0.05, 0) is 58.3 Å². The van der Waals surface area contributed by atoms with Crippen LogP contribution in [0.3, 0.4) is 0 Å². The van der Waals surface area contributed by atoms with Crippen molar-refractivity contribution in [2.24, 2.45) is 0 Å².